The molecule has 40 heavy (non-hydrogen) atoms. The molecule has 12 heteroatoms. The van der Waals surface area contributed by atoms with E-state index in [9.17, 15) is 10.4 Å². The molecule has 0 spiro atoms. The van der Waals surface area contributed by atoms with Crippen molar-refractivity contribution in [2.45, 2.75) is 26.0 Å². The number of aromatic nitrogens is 7. The highest BCUT2D eigenvalue weighted by atomic mass is 16.5. The Morgan fingerprint density at radius 2 is 2.05 bits per heavy atom. The van der Waals surface area contributed by atoms with E-state index in [1.807, 2.05) is 54.0 Å². The minimum atomic E-state index is -0.0355. The van der Waals surface area contributed by atoms with Crippen LogP contribution in [0.4, 0.5) is 11.5 Å². The molecule has 1 saturated heterocycles. The number of aryl methyl sites for hydroxylation is 1. The van der Waals surface area contributed by atoms with E-state index in [0.717, 1.165) is 53.3 Å². The molecule has 1 aliphatic rings. The lowest BCUT2D eigenvalue weighted by atomic mass is 10.0. The lowest BCUT2D eigenvalue weighted by Crippen LogP contribution is -2.51. The molecule has 3 N–H and O–H groups in total. The van der Waals surface area contributed by atoms with Crippen molar-refractivity contribution < 1.29 is 9.84 Å². The SMILES string of the molecule is COC1CN(Cc2ccc(Nc3ccc4ncn(-c5ccc(CCO)c(-c6c(C#N)n[nH]c6C)n5)c4c3)nn2)C1. The summed E-state index contributed by atoms with van der Waals surface area (Å²) in [5, 5.41) is 38.2. The molecule has 5 heterocycles. The molecule has 202 valence electrons. The largest absolute Gasteiger partial charge is 0.396 e. The summed E-state index contributed by atoms with van der Waals surface area (Å²) in [6.45, 7) is 4.38. The van der Waals surface area contributed by atoms with Gasteiger partial charge in [-0.2, -0.15) is 15.5 Å². The van der Waals surface area contributed by atoms with Gasteiger partial charge in [0.05, 0.1) is 34.1 Å². The summed E-state index contributed by atoms with van der Waals surface area (Å²) in [7, 11) is 1.74. The number of likely N-dealkylation sites (tertiary alicyclic amines) is 1. The maximum Gasteiger partial charge on any atom is 0.171 e. The number of fused-ring (bicyclic) bond motifs is 1. The highest BCUT2D eigenvalue weighted by Gasteiger charge is 2.26. The summed E-state index contributed by atoms with van der Waals surface area (Å²) >= 11 is 0. The van der Waals surface area contributed by atoms with Crippen LogP contribution in [0, 0.1) is 18.3 Å². The quantitative estimate of drug-likeness (QED) is 0.256. The Hall–Kier alpha value is -4.70. The third kappa shape index (κ3) is 4.89. The number of nitriles is 1. The van der Waals surface area contributed by atoms with Gasteiger partial charge in [-0.15, -0.1) is 5.10 Å². The molecule has 5 aromatic rings. The smallest absolute Gasteiger partial charge is 0.171 e. The van der Waals surface area contributed by atoms with Crippen LogP contribution in [0.15, 0.2) is 48.8 Å². The van der Waals surface area contributed by atoms with E-state index >= 15 is 0 Å². The number of nitrogens with zero attached hydrogens (tertiary/aromatic N) is 8. The zero-order valence-corrected chi connectivity index (χ0v) is 22.2. The molecule has 4 aromatic heterocycles. The molecule has 0 unspecified atom stereocenters. The molecule has 0 saturated carbocycles. The van der Waals surface area contributed by atoms with Gasteiger partial charge < -0.3 is 15.2 Å². The van der Waals surface area contributed by atoms with Crippen molar-refractivity contribution in [2.24, 2.45) is 0 Å². The van der Waals surface area contributed by atoms with Gasteiger partial charge in [-0.3, -0.25) is 14.6 Å². The summed E-state index contributed by atoms with van der Waals surface area (Å²) in [5.74, 6) is 1.27. The third-order valence-corrected chi connectivity index (χ3v) is 7.06. The Labute approximate surface area is 230 Å². The maximum absolute atomic E-state index is 9.62. The molecule has 0 atom stereocenters. The van der Waals surface area contributed by atoms with Gasteiger partial charge in [0, 0.05) is 44.7 Å². The first-order valence-electron chi connectivity index (χ1n) is 12.9. The summed E-state index contributed by atoms with van der Waals surface area (Å²) in [6.07, 6.45) is 2.43. The van der Waals surface area contributed by atoms with Crippen LogP contribution in [0.2, 0.25) is 0 Å². The van der Waals surface area contributed by atoms with Crippen molar-refractivity contribution in [1.82, 2.24) is 39.8 Å². The summed E-state index contributed by atoms with van der Waals surface area (Å²) < 4.78 is 7.22. The minimum Gasteiger partial charge on any atom is -0.396 e. The molecular formula is C28H28N10O2. The number of imidazole rings is 1. The van der Waals surface area contributed by atoms with E-state index in [0.29, 0.717) is 35.4 Å². The Balaban J connectivity index is 1.28. The zero-order chi connectivity index (χ0) is 27.6. The van der Waals surface area contributed by atoms with Gasteiger partial charge in [-0.25, -0.2) is 9.97 Å². The van der Waals surface area contributed by atoms with Gasteiger partial charge in [-0.1, -0.05) is 6.07 Å². The minimum absolute atomic E-state index is 0.0355. The molecular weight excluding hydrogens is 508 g/mol. The predicted molar refractivity (Wildman–Crippen MR) is 148 cm³/mol. The summed E-state index contributed by atoms with van der Waals surface area (Å²) in [5.41, 5.74) is 6.45. The van der Waals surface area contributed by atoms with Crippen molar-refractivity contribution in [3.63, 3.8) is 0 Å². The average Bonchev–Trinajstić information content (AvgIpc) is 3.54. The van der Waals surface area contributed by atoms with E-state index in [1.54, 1.807) is 13.4 Å². The van der Waals surface area contributed by atoms with Gasteiger partial charge >= 0.3 is 0 Å². The van der Waals surface area contributed by atoms with E-state index < -0.39 is 0 Å². The molecule has 12 nitrogen and oxygen atoms in total. The van der Waals surface area contributed by atoms with E-state index in [4.69, 9.17) is 9.72 Å². The van der Waals surface area contributed by atoms with Crippen LogP contribution in [0.1, 0.15) is 22.6 Å². The number of pyridine rings is 1. The standard InChI is InChI=1S/C28H28N10O2/c1-17-27(23(12-29)35-33-17)28-18(9-10-39)3-8-26(32-28)38-16-30-22-6-4-19(11-24(22)38)31-25-7-5-20(34-36-25)13-37-14-21(15-37)40-2/h3-8,11,16,21,39H,9-10,13-15H2,1-2H3,(H,31,36)(H,33,35). The van der Waals surface area contributed by atoms with Crippen molar-refractivity contribution in [3.05, 3.63) is 71.4 Å². The molecule has 0 amide bonds. The molecule has 0 bridgehead atoms. The number of ether oxygens (including phenoxy) is 1. The van der Waals surface area contributed by atoms with Crippen molar-refractivity contribution in [2.75, 3.05) is 32.1 Å². The lowest BCUT2D eigenvalue weighted by molar-refractivity contribution is -0.0340. The van der Waals surface area contributed by atoms with Crippen LogP contribution in [0.3, 0.4) is 0 Å². The Morgan fingerprint density at radius 3 is 2.80 bits per heavy atom. The highest BCUT2D eigenvalue weighted by molar-refractivity contribution is 5.82. The van der Waals surface area contributed by atoms with E-state index in [1.165, 1.54) is 0 Å². The fraction of sp³-hybridized carbons (Fsp3) is 0.286. The van der Waals surface area contributed by atoms with Gasteiger partial charge in [0.25, 0.3) is 0 Å². The van der Waals surface area contributed by atoms with Crippen LogP contribution >= 0.6 is 0 Å². The number of H-pyrrole nitrogens is 1. The number of hydrogen-bond acceptors (Lipinski definition) is 10. The zero-order valence-electron chi connectivity index (χ0n) is 22.2. The molecule has 0 radical (unpaired) electrons. The van der Waals surface area contributed by atoms with Crippen molar-refractivity contribution >= 4 is 22.5 Å². The molecule has 6 rings (SSSR count). The Morgan fingerprint density at radius 1 is 1.18 bits per heavy atom. The Kier molecular flexibility index (Phi) is 6.91. The number of aliphatic hydroxyl groups excluding tert-OH is 1. The second-order valence-corrected chi connectivity index (χ2v) is 9.74. The fourth-order valence-corrected chi connectivity index (χ4v) is 4.91. The number of aromatic amines is 1. The summed E-state index contributed by atoms with van der Waals surface area (Å²) in [4.78, 5) is 11.7. The number of benzene rings is 1. The van der Waals surface area contributed by atoms with Crippen molar-refractivity contribution in [3.8, 4) is 23.1 Å². The van der Waals surface area contributed by atoms with Crippen molar-refractivity contribution in [1.29, 1.82) is 5.26 Å². The second-order valence-electron chi connectivity index (χ2n) is 9.74. The number of anilines is 2. The van der Waals surface area contributed by atoms with Crippen LogP contribution in [-0.4, -0.2) is 77.8 Å². The van der Waals surface area contributed by atoms with Crippen LogP contribution in [0.25, 0.3) is 28.1 Å². The molecule has 0 aliphatic carbocycles. The van der Waals surface area contributed by atoms with Crippen LogP contribution in [-0.2, 0) is 17.7 Å². The number of rotatable bonds is 9. The maximum atomic E-state index is 9.62. The Bertz CT molecular complexity index is 1700. The van der Waals surface area contributed by atoms with Crippen LogP contribution in [0.5, 0.6) is 0 Å². The first-order valence-corrected chi connectivity index (χ1v) is 12.9. The second kappa shape index (κ2) is 10.8. The molecule has 1 fully saturated rings. The van der Waals surface area contributed by atoms with Gasteiger partial charge in [-0.05, 0) is 55.3 Å². The third-order valence-electron chi connectivity index (χ3n) is 7.06. The summed E-state index contributed by atoms with van der Waals surface area (Å²) in [6, 6.07) is 15.7. The predicted octanol–water partition coefficient (Wildman–Crippen LogP) is 2.89. The van der Waals surface area contributed by atoms with E-state index in [2.05, 4.69) is 41.7 Å². The topological polar surface area (TPSA) is 154 Å². The number of nitrogens with one attached hydrogen (secondary N) is 2. The van der Waals surface area contributed by atoms with Gasteiger partial charge in [0.15, 0.2) is 11.5 Å². The van der Waals surface area contributed by atoms with E-state index in [-0.39, 0.29) is 12.3 Å². The number of methoxy groups -OCH3 is 1. The first-order chi connectivity index (χ1) is 19.6. The number of hydrogen-bond donors (Lipinski definition) is 3. The normalized spacial score (nSPS) is 13.8. The fourth-order valence-electron chi connectivity index (χ4n) is 4.91. The monoisotopic (exact) mass is 536 g/mol. The van der Waals surface area contributed by atoms with Gasteiger partial charge in [0.2, 0.25) is 0 Å². The average molecular weight is 537 g/mol. The lowest BCUT2D eigenvalue weighted by Gasteiger charge is -2.37. The van der Waals surface area contributed by atoms with Crippen LogP contribution < -0.4 is 5.32 Å². The molecule has 1 aromatic carbocycles. The first kappa shape index (κ1) is 25.6. The number of aliphatic hydroxyl groups is 1. The molecule has 1 aliphatic heterocycles. The highest BCUT2D eigenvalue weighted by Crippen LogP contribution is 2.30. The van der Waals surface area contributed by atoms with Gasteiger partial charge in [0.1, 0.15) is 18.2 Å².